The van der Waals surface area contributed by atoms with Crippen molar-refractivity contribution in [1.82, 2.24) is 0 Å². The van der Waals surface area contributed by atoms with Gasteiger partial charge >= 0.3 is 0 Å². The lowest BCUT2D eigenvalue weighted by Crippen LogP contribution is -2.15. The summed E-state index contributed by atoms with van der Waals surface area (Å²) in [5.41, 5.74) is 13.1. The van der Waals surface area contributed by atoms with Crippen LogP contribution in [0.5, 0.6) is 0 Å². The molecule has 0 fully saturated rings. The molecular weight excluding hydrogens is 637 g/mol. The average Bonchev–Trinajstić information content (AvgIpc) is 3.46. The van der Waals surface area contributed by atoms with Gasteiger partial charge in [0, 0.05) is 5.41 Å². The highest BCUT2D eigenvalue weighted by Gasteiger charge is 2.38. The van der Waals surface area contributed by atoms with E-state index in [0.717, 1.165) is 0 Å². The first-order valence-electron chi connectivity index (χ1n) is 18.7. The lowest BCUT2D eigenvalue weighted by Gasteiger charge is -2.24. The lowest BCUT2D eigenvalue weighted by atomic mass is 9.78. The van der Waals surface area contributed by atoms with Gasteiger partial charge in [-0.3, -0.25) is 0 Å². The average molecular weight is 673 g/mol. The Bertz CT molecular complexity index is 3060. The summed E-state index contributed by atoms with van der Waals surface area (Å²) in [6, 6.07) is 67.8. The Morgan fingerprint density at radius 2 is 0.774 bits per heavy atom. The van der Waals surface area contributed by atoms with Gasteiger partial charge in [-0.1, -0.05) is 190 Å². The summed E-state index contributed by atoms with van der Waals surface area (Å²) in [5.74, 6) is 0. The van der Waals surface area contributed by atoms with Crippen LogP contribution in [0.25, 0.3) is 98.4 Å². The van der Waals surface area contributed by atoms with Crippen LogP contribution in [-0.2, 0) is 5.41 Å². The number of benzene rings is 10. The number of hydrogen-bond acceptors (Lipinski definition) is 0. The summed E-state index contributed by atoms with van der Waals surface area (Å²) in [6.45, 7) is 4.79. The molecule has 11 rings (SSSR count). The van der Waals surface area contributed by atoms with Crippen molar-refractivity contribution < 1.29 is 0 Å². The van der Waals surface area contributed by atoms with Gasteiger partial charge in [-0.25, -0.2) is 0 Å². The molecule has 10 aromatic rings. The van der Waals surface area contributed by atoms with Gasteiger partial charge in [-0.05, 0) is 116 Å². The van der Waals surface area contributed by atoms with Crippen molar-refractivity contribution in [2.75, 3.05) is 0 Å². The quantitative estimate of drug-likeness (QED) is 0.129. The van der Waals surface area contributed by atoms with Crippen LogP contribution in [0, 0.1) is 0 Å². The van der Waals surface area contributed by atoms with E-state index in [-0.39, 0.29) is 5.41 Å². The maximum atomic E-state index is 2.48. The number of fused-ring (bicyclic) bond motifs is 11. The molecule has 0 saturated heterocycles. The molecule has 1 aliphatic rings. The highest BCUT2D eigenvalue weighted by molar-refractivity contribution is 6.24. The van der Waals surface area contributed by atoms with E-state index < -0.39 is 0 Å². The normalized spacial score (nSPS) is 13.2. The minimum absolute atomic E-state index is 0.0973. The molecule has 0 radical (unpaired) electrons. The predicted molar refractivity (Wildman–Crippen MR) is 228 cm³/mol. The SMILES string of the molecule is CC1(C)c2ccccc2-c2c1c1ccc(-c3c4ccccc4c(-c4ccc(-c5cccc6ccccc56)cc4)c4ccccc34)cc1c1ccccc21. The molecular formula is C53H36. The molecule has 0 N–H and O–H groups in total. The molecule has 0 saturated carbocycles. The van der Waals surface area contributed by atoms with E-state index in [9.17, 15) is 0 Å². The van der Waals surface area contributed by atoms with Crippen LogP contribution < -0.4 is 0 Å². The maximum Gasteiger partial charge on any atom is 0.0165 e. The van der Waals surface area contributed by atoms with Gasteiger partial charge < -0.3 is 0 Å². The topological polar surface area (TPSA) is 0 Å². The molecule has 0 heteroatoms. The van der Waals surface area contributed by atoms with Crippen LogP contribution in [0.2, 0.25) is 0 Å². The van der Waals surface area contributed by atoms with Gasteiger partial charge in [-0.15, -0.1) is 0 Å². The van der Waals surface area contributed by atoms with E-state index in [0.29, 0.717) is 0 Å². The standard InChI is InChI=1S/C53H36/c1-53(2)48-25-12-11-23-46(48)51-40-18-6-5-17-39(40)47-32-36(30-31-45(47)52(51)53)50-43-21-9-7-19-41(43)49(42-20-8-10-22-44(42)50)35-28-26-34(27-29-35)38-24-13-15-33-14-3-4-16-37(33)38/h3-32H,1-2H3. The van der Waals surface area contributed by atoms with E-state index in [1.54, 1.807) is 0 Å². The van der Waals surface area contributed by atoms with Crippen molar-refractivity contribution >= 4 is 53.9 Å². The summed E-state index contributed by atoms with van der Waals surface area (Å²) in [6.07, 6.45) is 0. The van der Waals surface area contributed by atoms with Crippen LogP contribution >= 0.6 is 0 Å². The Morgan fingerprint density at radius 3 is 1.45 bits per heavy atom. The van der Waals surface area contributed by atoms with Crippen molar-refractivity contribution in [2.45, 2.75) is 19.3 Å². The van der Waals surface area contributed by atoms with Crippen molar-refractivity contribution in [3.8, 4) is 44.5 Å². The third-order valence-electron chi connectivity index (χ3n) is 12.0. The van der Waals surface area contributed by atoms with Crippen LogP contribution in [-0.4, -0.2) is 0 Å². The van der Waals surface area contributed by atoms with Crippen LogP contribution in [0.15, 0.2) is 182 Å². The Balaban J connectivity index is 1.15. The molecule has 1 aliphatic carbocycles. The summed E-state index contributed by atoms with van der Waals surface area (Å²) >= 11 is 0. The second-order valence-corrected chi connectivity index (χ2v) is 15.2. The summed E-state index contributed by atoms with van der Waals surface area (Å²) in [4.78, 5) is 0. The van der Waals surface area contributed by atoms with E-state index >= 15 is 0 Å². The van der Waals surface area contributed by atoms with Crippen molar-refractivity contribution in [2.24, 2.45) is 0 Å². The summed E-state index contributed by atoms with van der Waals surface area (Å²) in [5, 5.41) is 13.0. The minimum Gasteiger partial charge on any atom is -0.0619 e. The van der Waals surface area contributed by atoms with E-state index in [4.69, 9.17) is 0 Å². The molecule has 0 atom stereocenters. The highest BCUT2D eigenvalue weighted by Crippen LogP contribution is 2.55. The van der Waals surface area contributed by atoms with Gasteiger partial charge in [0.2, 0.25) is 0 Å². The van der Waals surface area contributed by atoms with Crippen LogP contribution in [0.4, 0.5) is 0 Å². The Hall–Kier alpha value is -6.50. The Morgan fingerprint density at radius 1 is 0.302 bits per heavy atom. The van der Waals surface area contributed by atoms with E-state index in [2.05, 4.69) is 196 Å². The summed E-state index contributed by atoms with van der Waals surface area (Å²) in [7, 11) is 0. The number of hydrogen-bond donors (Lipinski definition) is 0. The maximum absolute atomic E-state index is 2.48. The molecule has 0 unspecified atom stereocenters. The van der Waals surface area contributed by atoms with Crippen molar-refractivity contribution in [3.05, 3.63) is 193 Å². The largest absolute Gasteiger partial charge is 0.0619 e. The zero-order valence-corrected chi connectivity index (χ0v) is 29.8. The smallest absolute Gasteiger partial charge is 0.0165 e. The predicted octanol–water partition coefficient (Wildman–Crippen LogP) is 14.8. The molecule has 0 aliphatic heterocycles. The molecule has 0 amide bonds. The van der Waals surface area contributed by atoms with Gasteiger partial charge in [0.05, 0.1) is 0 Å². The molecule has 0 bridgehead atoms. The molecule has 0 spiro atoms. The summed E-state index contributed by atoms with van der Waals surface area (Å²) < 4.78 is 0. The molecule has 10 aromatic carbocycles. The molecule has 53 heavy (non-hydrogen) atoms. The third-order valence-corrected chi connectivity index (χ3v) is 12.0. The fourth-order valence-electron chi connectivity index (χ4n) is 9.70. The van der Waals surface area contributed by atoms with Gasteiger partial charge in [0.1, 0.15) is 0 Å². The fourth-order valence-corrected chi connectivity index (χ4v) is 9.70. The fraction of sp³-hybridized carbons (Fsp3) is 0.0566. The van der Waals surface area contributed by atoms with Crippen molar-refractivity contribution in [1.29, 1.82) is 0 Å². The first-order chi connectivity index (χ1) is 26.1. The molecule has 0 aromatic heterocycles. The second-order valence-electron chi connectivity index (χ2n) is 15.2. The second kappa shape index (κ2) is 11.2. The zero-order valence-electron chi connectivity index (χ0n) is 29.8. The first-order valence-corrected chi connectivity index (χ1v) is 18.7. The number of rotatable bonds is 3. The van der Waals surface area contributed by atoms with Gasteiger partial charge in [0.15, 0.2) is 0 Å². The van der Waals surface area contributed by atoms with E-state index in [1.807, 2.05) is 0 Å². The van der Waals surface area contributed by atoms with E-state index in [1.165, 1.54) is 109 Å². The Kier molecular flexibility index (Phi) is 6.40. The molecule has 0 nitrogen and oxygen atoms in total. The van der Waals surface area contributed by atoms with Crippen molar-refractivity contribution in [3.63, 3.8) is 0 Å². The Labute approximate surface area is 309 Å². The monoisotopic (exact) mass is 672 g/mol. The van der Waals surface area contributed by atoms with Crippen LogP contribution in [0.3, 0.4) is 0 Å². The minimum atomic E-state index is -0.0973. The third kappa shape index (κ3) is 4.30. The first kappa shape index (κ1) is 30.2. The lowest BCUT2D eigenvalue weighted by molar-refractivity contribution is 0.666. The molecule has 0 heterocycles. The van der Waals surface area contributed by atoms with Gasteiger partial charge in [0.25, 0.3) is 0 Å². The highest BCUT2D eigenvalue weighted by atomic mass is 14.4. The molecule has 248 valence electrons. The zero-order chi connectivity index (χ0) is 35.3. The van der Waals surface area contributed by atoms with Crippen LogP contribution in [0.1, 0.15) is 25.0 Å². The van der Waals surface area contributed by atoms with Gasteiger partial charge in [-0.2, -0.15) is 0 Å².